The second-order valence-corrected chi connectivity index (χ2v) is 15.2. The van der Waals surface area contributed by atoms with Gasteiger partial charge >= 0.3 is 0 Å². The van der Waals surface area contributed by atoms with Gasteiger partial charge in [0.1, 0.15) is 29.2 Å². The number of anilines is 3. The van der Waals surface area contributed by atoms with Gasteiger partial charge in [0, 0.05) is 64.0 Å². The summed E-state index contributed by atoms with van der Waals surface area (Å²) in [6.45, 7) is 5.85. The van der Waals surface area contributed by atoms with Crippen LogP contribution in [-0.2, 0) is 9.59 Å². The van der Waals surface area contributed by atoms with E-state index in [1.165, 1.54) is 6.07 Å². The number of fused-ring (bicyclic) bond motifs is 2. The molecule has 0 radical (unpaired) electrons. The van der Waals surface area contributed by atoms with Crippen LogP contribution < -0.4 is 20.0 Å². The van der Waals surface area contributed by atoms with Crippen molar-refractivity contribution in [2.75, 3.05) is 60.5 Å². The summed E-state index contributed by atoms with van der Waals surface area (Å²) in [5.41, 5.74) is 4.73. The average molecular weight is 755 g/mol. The van der Waals surface area contributed by atoms with Crippen molar-refractivity contribution in [2.24, 2.45) is 0 Å². The van der Waals surface area contributed by atoms with Gasteiger partial charge in [0.15, 0.2) is 5.65 Å². The third kappa shape index (κ3) is 5.84. The number of imidazole rings is 1. The van der Waals surface area contributed by atoms with E-state index in [0.29, 0.717) is 11.6 Å². The van der Waals surface area contributed by atoms with E-state index < -0.39 is 29.7 Å². The molecule has 10 rings (SSSR count). The molecule has 4 amide bonds. The van der Waals surface area contributed by atoms with E-state index in [0.717, 1.165) is 103 Å². The predicted molar refractivity (Wildman–Crippen MR) is 205 cm³/mol. The molecule has 0 saturated carbocycles. The normalized spacial score (nSPS) is 21.9. The van der Waals surface area contributed by atoms with Crippen molar-refractivity contribution in [3.63, 3.8) is 0 Å². The summed E-state index contributed by atoms with van der Waals surface area (Å²) >= 11 is 0. The molecule has 284 valence electrons. The molecule has 0 spiro atoms. The molecule has 0 bridgehead atoms. The van der Waals surface area contributed by atoms with Crippen molar-refractivity contribution in [1.82, 2.24) is 34.7 Å². The van der Waals surface area contributed by atoms with Gasteiger partial charge in [-0.05, 0) is 79.4 Å². The second-order valence-electron chi connectivity index (χ2n) is 15.2. The lowest BCUT2D eigenvalue weighted by atomic mass is 10.0. The van der Waals surface area contributed by atoms with Crippen LogP contribution >= 0.6 is 0 Å². The minimum Gasteiger partial charge on any atom is -0.368 e. The highest BCUT2D eigenvalue weighted by Crippen LogP contribution is 2.37. The number of pyridine rings is 1. The predicted octanol–water partition coefficient (Wildman–Crippen LogP) is 3.68. The lowest BCUT2D eigenvalue weighted by Crippen LogP contribution is -2.63. The van der Waals surface area contributed by atoms with Crippen LogP contribution in [0.5, 0.6) is 0 Å². The molecule has 2 atom stereocenters. The van der Waals surface area contributed by atoms with Crippen molar-refractivity contribution in [3.8, 4) is 11.4 Å². The first kappa shape index (κ1) is 34.3. The Bertz CT molecular complexity index is 2420. The van der Waals surface area contributed by atoms with E-state index in [1.807, 2.05) is 53.2 Å². The minimum absolute atomic E-state index is 0.0577. The van der Waals surface area contributed by atoms with E-state index in [-0.39, 0.29) is 30.3 Å². The maximum atomic E-state index is 14.1. The molecule has 2 aromatic carbocycles. The first-order valence-corrected chi connectivity index (χ1v) is 19.2. The number of carbonyl (C=O) groups excluding carboxylic acids is 4. The van der Waals surface area contributed by atoms with Crippen molar-refractivity contribution in [2.45, 2.75) is 43.8 Å². The number of nitrogens with zero attached hydrogens (tertiary/aromatic N) is 9. The number of rotatable bonds is 7. The molecule has 5 aromatic rings. The zero-order valence-electron chi connectivity index (χ0n) is 30.6. The molecule has 14 nitrogen and oxygen atoms in total. The van der Waals surface area contributed by atoms with Gasteiger partial charge in [0.2, 0.25) is 11.8 Å². The van der Waals surface area contributed by atoms with Gasteiger partial charge < -0.3 is 14.7 Å². The Hall–Kier alpha value is -6.22. The van der Waals surface area contributed by atoms with E-state index in [9.17, 15) is 23.6 Å². The Morgan fingerprint density at radius 3 is 2.39 bits per heavy atom. The number of benzene rings is 2. The van der Waals surface area contributed by atoms with Crippen LogP contribution in [0.4, 0.5) is 21.7 Å². The summed E-state index contributed by atoms with van der Waals surface area (Å²) in [6.07, 6.45) is 3.97. The van der Waals surface area contributed by atoms with E-state index in [4.69, 9.17) is 10.1 Å². The molecule has 4 fully saturated rings. The summed E-state index contributed by atoms with van der Waals surface area (Å²) in [4.78, 5) is 70.5. The molecule has 8 heterocycles. The summed E-state index contributed by atoms with van der Waals surface area (Å²) in [5.74, 6) is -0.504. The fourth-order valence-corrected chi connectivity index (χ4v) is 8.90. The summed E-state index contributed by atoms with van der Waals surface area (Å²) in [7, 11) is 0. The zero-order valence-corrected chi connectivity index (χ0v) is 30.6. The van der Waals surface area contributed by atoms with Crippen LogP contribution in [0.15, 0.2) is 79.0 Å². The molecular weight excluding hydrogens is 716 g/mol. The number of piperazine rings is 1. The van der Waals surface area contributed by atoms with Gasteiger partial charge in [-0.15, -0.1) is 5.10 Å². The highest BCUT2D eigenvalue weighted by molar-refractivity contribution is 6.23. The van der Waals surface area contributed by atoms with Gasteiger partial charge in [0.25, 0.3) is 11.8 Å². The first-order valence-electron chi connectivity index (χ1n) is 19.2. The molecule has 5 aliphatic heterocycles. The van der Waals surface area contributed by atoms with Crippen LogP contribution in [0.3, 0.4) is 0 Å². The Balaban J connectivity index is 0.780. The maximum absolute atomic E-state index is 14.1. The third-order valence-electron chi connectivity index (χ3n) is 11.9. The standard InChI is InChI=1S/C41H39FN10O4/c42-26-5-1-4-25(20-26)32-7-3-15-50(32)37-13-12-35-43-22-34(52(35)46-37)31-6-2-8-36(44-31)48-18-16-47(17-19-48)28-23-49(24-28)27-9-10-29-30(21-27)41(56)51(40(29)55)33-11-14-38(53)45-39(33)54/h1-2,4-6,8-10,12-13,20-22,28,32-33H,3,7,11,14-19,23-24H2,(H,45,53,54)/t32-,33?/m1/s1. The molecule has 1 N–H and O–H groups in total. The monoisotopic (exact) mass is 754 g/mol. The van der Waals surface area contributed by atoms with E-state index in [1.54, 1.807) is 24.3 Å². The van der Waals surface area contributed by atoms with Gasteiger partial charge in [0.05, 0.1) is 29.1 Å². The van der Waals surface area contributed by atoms with E-state index in [2.05, 4.69) is 29.9 Å². The van der Waals surface area contributed by atoms with Crippen molar-refractivity contribution in [1.29, 1.82) is 0 Å². The number of amides is 4. The fourth-order valence-electron chi connectivity index (χ4n) is 8.90. The van der Waals surface area contributed by atoms with E-state index >= 15 is 0 Å². The molecule has 15 heteroatoms. The number of carbonyl (C=O) groups is 4. The van der Waals surface area contributed by atoms with Crippen LogP contribution in [0, 0.1) is 5.82 Å². The minimum atomic E-state index is -0.979. The van der Waals surface area contributed by atoms with Crippen LogP contribution in [0.25, 0.3) is 17.0 Å². The third-order valence-corrected chi connectivity index (χ3v) is 11.9. The van der Waals surface area contributed by atoms with Crippen LogP contribution in [0.2, 0.25) is 0 Å². The van der Waals surface area contributed by atoms with Gasteiger partial charge in [-0.1, -0.05) is 18.2 Å². The number of imide groups is 2. The molecule has 0 aliphatic carbocycles. The molecule has 4 saturated heterocycles. The quantitative estimate of drug-likeness (QED) is 0.244. The van der Waals surface area contributed by atoms with Crippen LogP contribution in [0.1, 0.15) is 58.0 Å². The number of hydrogen-bond donors (Lipinski definition) is 1. The molecule has 3 aromatic heterocycles. The fraction of sp³-hybridized carbons (Fsp3) is 0.341. The summed E-state index contributed by atoms with van der Waals surface area (Å²) in [5, 5.41) is 7.26. The number of piperidine rings is 1. The Labute approximate surface area is 321 Å². The van der Waals surface area contributed by atoms with Crippen LogP contribution in [-0.4, -0.2) is 111 Å². The van der Waals surface area contributed by atoms with Gasteiger partial charge in [-0.25, -0.2) is 18.9 Å². The van der Waals surface area contributed by atoms with Gasteiger partial charge in [-0.2, -0.15) is 0 Å². The number of nitrogens with one attached hydrogen (secondary N) is 1. The van der Waals surface area contributed by atoms with Crippen molar-refractivity contribution < 1.29 is 23.6 Å². The van der Waals surface area contributed by atoms with Crippen molar-refractivity contribution >= 4 is 46.6 Å². The molecule has 5 aliphatic rings. The average Bonchev–Trinajstić information content (AvgIpc) is 3.91. The Morgan fingerprint density at radius 1 is 0.750 bits per heavy atom. The largest absolute Gasteiger partial charge is 0.368 e. The lowest BCUT2D eigenvalue weighted by molar-refractivity contribution is -0.136. The number of aromatic nitrogens is 4. The maximum Gasteiger partial charge on any atom is 0.262 e. The highest BCUT2D eigenvalue weighted by atomic mass is 19.1. The topological polar surface area (TPSA) is 140 Å². The van der Waals surface area contributed by atoms with Gasteiger partial charge in [-0.3, -0.25) is 34.3 Å². The second kappa shape index (κ2) is 13.5. The Kier molecular flexibility index (Phi) is 8.27. The smallest absolute Gasteiger partial charge is 0.262 e. The molecule has 56 heavy (non-hydrogen) atoms. The molecular formula is C41H39FN10O4. The molecule has 1 unspecified atom stereocenters. The highest BCUT2D eigenvalue weighted by Gasteiger charge is 2.45. The Morgan fingerprint density at radius 2 is 1.57 bits per heavy atom. The lowest BCUT2D eigenvalue weighted by Gasteiger charge is -2.49. The first-order chi connectivity index (χ1) is 27.3. The summed E-state index contributed by atoms with van der Waals surface area (Å²) < 4.78 is 16.0. The summed E-state index contributed by atoms with van der Waals surface area (Å²) in [6, 6.07) is 21.6. The number of hydrogen-bond acceptors (Lipinski definition) is 11. The van der Waals surface area contributed by atoms with Crippen molar-refractivity contribution in [3.05, 3.63) is 102 Å². The SMILES string of the molecule is O=C1CCC(N2C(=O)c3ccc(N4CC(N5CCN(c6cccc(-c7cnc8ccc(N9CCC[C@@H]9c9cccc(F)c9)nn78)n6)CC5)C4)cc3C2=O)C(=O)N1. The zero-order chi connectivity index (χ0) is 38.1. The number of halogens is 1.